The minimum absolute atomic E-state index is 0.125. The molecule has 1 spiro atoms. The average Bonchev–Trinajstić information content (AvgIpc) is 3.42. The van der Waals surface area contributed by atoms with Gasteiger partial charge in [0.05, 0.1) is 11.1 Å². The molecule has 2 heterocycles. The summed E-state index contributed by atoms with van der Waals surface area (Å²) in [5, 5.41) is 11.1. The molecule has 2 amide bonds. The van der Waals surface area contributed by atoms with Crippen LogP contribution in [0.4, 0.5) is 5.69 Å². The number of amides is 2. The Morgan fingerprint density at radius 3 is 2.56 bits per heavy atom. The molecule has 3 N–H and O–H groups in total. The van der Waals surface area contributed by atoms with E-state index in [1.165, 1.54) is 6.92 Å². The third kappa shape index (κ3) is 8.23. The lowest BCUT2D eigenvalue weighted by Gasteiger charge is -2.37. The largest absolute Gasteiger partial charge is 0.355 e. The van der Waals surface area contributed by atoms with Gasteiger partial charge >= 0.3 is 0 Å². The van der Waals surface area contributed by atoms with Gasteiger partial charge in [-0.15, -0.1) is 0 Å². The van der Waals surface area contributed by atoms with Crippen LogP contribution in [-0.4, -0.2) is 60.8 Å². The molecule has 0 aromatic heterocycles. The van der Waals surface area contributed by atoms with Gasteiger partial charge in [0, 0.05) is 52.7 Å². The molecule has 2 aliphatic rings. The molecule has 2 aromatic carbocycles. The van der Waals surface area contributed by atoms with Crippen LogP contribution in [0.25, 0.3) is 0 Å². The molecule has 4 atom stereocenters. The highest BCUT2D eigenvalue weighted by atomic mass is 127. The monoisotopic (exact) mass is 764 g/mol. The van der Waals surface area contributed by atoms with E-state index >= 15 is 0 Å². The van der Waals surface area contributed by atoms with Crippen molar-refractivity contribution >= 4 is 69.1 Å². The van der Waals surface area contributed by atoms with E-state index in [0.29, 0.717) is 35.1 Å². The zero-order valence-corrected chi connectivity index (χ0v) is 30.3. The second-order valence-electron chi connectivity index (χ2n) is 13.2. The van der Waals surface area contributed by atoms with Gasteiger partial charge in [-0.25, -0.2) is 0 Å². The number of anilines is 1. The van der Waals surface area contributed by atoms with Crippen molar-refractivity contribution < 1.29 is 14.4 Å². The molecule has 0 unspecified atom stereocenters. The molecular weight excluding hydrogens is 722 g/mol. The highest BCUT2D eigenvalue weighted by Crippen LogP contribution is 2.57. The second kappa shape index (κ2) is 15.2. The van der Waals surface area contributed by atoms with Crippen LogP contribution in [0, 0.1) is 20.8 Å². The normalized spacial score (nSPS) is 22.2. The Kier molecular flexibility index (Phi) is 12.0. The molecule has 2 aliphatic heterocycles. The fourth-order valence-corrected chi connectivity index (χ4v) is 7.64. The maximum Gasteiger partial charge on any atom is 0.237 e. The number of ketones is 1. The number of fused-ring (bicyclic) bond motifs is 2. The van der Waals surface area contributed by atoms with Crippen molar-refractivity contribution in [3.63, 3.8) is 0 Å². The van der Waals surface area contributed by atoms with E-state index < -0.39 is 17.4 Å². The van der Waals surface area contributed by atoms with Crippen molar-refractivity contribution in [3.8, 4) is 11.8 Å². The Morgan fingerprint density at radius 2 is 1.89 bits per heavy atom. The number of hydrogen-bond donors (Lipinski definition) is 3. The number of halogens is 3. The number of rotatable bonds is 11. The Balaban J connectivity index is 1.64. The molecular formula is C35H43Cl2IN4O3. The Bertz CT molecular complexity index is 1500. The van der Waals surface area contributed by atoms with Gasteiger partial charge in [0.15, 0.2) is 0 Å². The van der Waals surface area contributed by atoms with Crippen molar-refractivity contribution in [2.45, 2.75) is 83.7 Å². The molecule has 4 rings (SSSR count). The van der Waals surface area contributed by atoms with Crippen LogP contribution >= 0.6 is 45.8 Å². The van der Waals surface area contributed by atoms with Crippen LogP contribution in [0.1, 0.15) is 77.3 Å². The molecule has 45 heavy (non-hydrogen) atoms. The van der Waals surface area contributed by atoms with E-state index in [9.17, 15) is 14.4 Å². The van der Waals surface area contributed by atoms with Gasteiger partial charge in [-0.05, 0) is 102 Å². The molecule has 1 fully saturated rings. The SMILES string of the molecule is CCCN(CCC#CC(C)=O)CCCNC(=O)[C@@H]1N[C@H](CC(C)(C)C)[C@]2(C(=O)Nc3cc(Cl)c(I)cc32)[C@H]1c1cccc(Cl)c1. The highest BCUT2D eigenvalue weighted by Gasteiger charge is 2.65. The van der Waals surface area contributed by atoms with E-state index in [-0.39, 0.29) is 29.1 Å². The predicted molar refractivity (Wildman–Crippen MR) is 191 cm³/mol. The zero-order chi connectivity index (χ0) is 32.9. The molecule has 10 heteroatoms. The Labute approximate surface area is 291 Å². The Hall–Kier alpha value is -2.16. The average molecular weight is 766 g/mol. The van der Waals surface area contributed by atoms with Crippen LogP contribution < -0.4 is 16.0 Å². The van der Waals surface area contributed by atoms with Gasteiger partial charge in [-0.3, -0.25) is 14.4 Å². The van der Waals surface area contributed by atoms with Gasteiger partial charge in [0.25, 0.3) is 0 Å². The summed E-state index contributed by atoms with van der Waals surface area (Å²) in [6.45, 7) is 13.0. The first kappa shape index (κ1) is 35.7. The standard InChI is InChI=1S/C35H43Cl2IN4O3/c1-6-15-42(16-8-7-11-22(2)43)17-10-14-39-32(44)31-30(23-12-9-13-24(36)18-23)35(29(41-31)21-34(3,4)5)25-19-27(38)26(37)20-28(25)40-33(35)45/h9,12-13,18-20,29-31,41H,6,8,10,14-17,21H2,1-5H3,(H,39,44)(H,40,45)/t29-,30+,31-,35+/m1/s1. The van der Waals surface area contributed by atoms with Crippen LogP contribution in [0.15, 0.2) is 36.4 Å². The summed E-state index contributed by atoms with van der Waals surface area (Å²) in [5.74, 6) is 4.62. The smallest absolute Gasteiger partial charge is 0.237 e. The molecule has 0 radical (unpaired) electrons. The first-order valence-corrected chi connectivity index (χ1v) is 17.4. The van der Waals surface area contributed by atoms with Gasteiger partial charge in [0.1, 0.15) is 5.41 Å². The van der Waals surface area contributed by atoms with Crippen LogP contribution in [0.5, 0.6) is 0 Å². The summed E-state index contributed by atoms with van der Waals surface area (Å²) in [6.07, 6.45) is 3.06. The summed E-state index contributed by atoms with van der Waals surface area (Å²) >= 11 is 15.2. The summed E-state index contributed by atoms with van der Waals surface area (Å²) in [4.78, 5) is 41.9. The number of benzene rings is 2. The number of nitrogens with zero attached hydrogens (tertiary/aromatic N) is 1. The fraction of sp³-hybridized carbons (Fsp3) is 0.514. The van der Waals surface area contributed by atoms with Crippen molar-refractivity contribution in [1.29, 1.82) is 0 Å². The quantitative estimate of drug-likeness (QED) is 0.105. The molecule has 0 aliphatic carbocycles. The molecule has 1 saturated heterocycles. The third-order valence-electron chi connectivity index (χ3n) is 8.50. The van der Waals surface area contributed by atoms with Crippen LogP contribution in [0.3, 0.4) is 0 Å². The number of carbonyl (C=O) groups is 3. The maximum absolute atomic E-state index is 14.4. The summed E-state index contributed by atoms with van der Waals surface area (Å²) in [6, 6.07) is 10.3. The first-order valence-electron chi connectivity index (χ1n) is 15.6. The van der Waals surface area contributed by atoms with E-state index in [1.807, 2.05) is 30.3 Å². The second-order valence-corrected chi connectivity index (χ2v) is 15.2. The molecule has 242 valence electrons. The van der Waals surface area contributed by atoms with E-state index in [1.54, 1.807) is 6.07 Å². The number of Topliss-reactive ketones (excluding diaryl/α,β-unsaturated/α-hetero) is 1. The zero-order valence-electron chi connectivity index (χ0n) is 26.7. The topological polar surface area (TPSA) is 90.5 Å². The molecule has 7 nitrogen and oxygen atoms in total. The summed E-state index contributed by atoms with van der Waals surface area (Å²) in [7, 11) is 0. The van der Waals surface area contributed by atoms with Crippen molar-refractivity contribution in [1.82, 2.24) is 15.5 Å². The predicted octanol–water partition coefficient (Wildman–Crippen LogP) is 6.55. The van der Waals surface area contributed by atoms with E-state index in [0.717, 1.165) is 47.2 Å². The summed E-state index contributed by atoms with van der Waals surface area (Å²) < 4.78 is 0.847. The fourth-order valence-electron chi connectivity index (χ4n) is 6.81. The number of carbonyl (C=O) groups excluding carboxylic acids is 3. The van der Waals surface area contributed by atoms with Gasteiger partial charge in [0.2, 0.25) is 17.6 Å². The lowest BCUT2D eigenvalue weighted by Crippen LogP contribution is -2.49. The summed E-state index contributed by atoms with van der Waals surface area (Å²) in [5.41, 5.74) is 1.18. The Morgan fingerprint density at radius 1 is 1.13 bits per heavy atom. The molecule has 2 aromatic rings. The van der Waals surface area contributed by atoms with Crippen molar-refractivity contribution in [3.05, 3.63) is 61.1 Å². The highest BCUT2D eigenvalue weighted by molar-refractivity contribution is 14.1. The molecule has 0 bridgehead atoms. The third-order valence-corrected chi connectivity index (χ3v) is 10.3. The van der Waals surface area contributed by atoms with Gasteiger partial charge in [-0.1, -0.05) is 68.9 Å². The van der Waals surface area contributed by atoms with Crippen molar-refractivity contribution in [2.75, 3.05) is 31.5 Å². The van der Waals surface area contributed by atoms with Crippen molar-refractivity contribution in [2.24, 2.45) is 5.41 Å². The van der Waals surface area contributed by atoms with Gasteiger partial charge in [-0.2, -0.15) is 0 Å². The van der Waals surface area contributed by atoms with E-state index in [2.05, 4.69) is 83.0 Å². The maximum atomic E-state index is 14.4. The first-order chi connectivity index (χ1) is 21.3. The minimum Gasteiger partial charge on any atom is -0.355 e. The number of nitrogens with one attached hydrogen (secondary N) is 3. The van der Waals surface area contributed by atoms with Gasteiger partial charge < -0.3 is 20.9 Å². The lowest BCUT2D eigenvalue weighted by molar-refractivity contribution is -0.124. The van der Waals surface area contributed by atoms with Crippen LogP contribution in [-0.2, 0) is 19.8 Å². The molecule has 0 saturated carbocycles. The lowest BCUT2D eigenvalue weighted by atomic mass is 9.62. The van der Waals surface area contributed by atoms with Crippen LogP contribution in [0.2, 0.25) is 10.0 Å². The number of hydrogen-bond acceptors (Lipinski definition) is 5. The minimum atomic E-state index is -1.06. The van der Waals surface area contributed by atoms with E-state index in [4.69, 9.17) is 23.2 Å².